The second-order valence-corrected chi connectivity index (χ2v) is 6.60. The fraction of sp³-hybridized carbons (Fsp3) is 0.400. The number of carbonyl (C=O) groups excluding carboxylic acids is 1. The highest BCUT2D eigenvalue weighted by atomic mass is 16.2. The molecule has 0 unspecified atom stereocenters. The van der Waals surface area contributed by atoms with E-state index in [9.17, 15) is 9.59 Å². The predicted octanol–water partition coefficient (Wildman–Crippen LogP) is 3.55. The first kappa shape index (κ1) is 16.5. The van der Waals surface area contributed by atoms with Crippen molar-refractivity contribution in [3.63, 3.8) is 0 Å². The summed E-state index contributed by atoms with van der Waals surface area (Å²) in [6.45, 7) is 4.78. The van der Waals surface area contributed by atoms with Gasteiger partial charge in [0.25, 0.3) is 5.91 Å². The number of H-pyrrole nitrogens is 1. The molecule has 1 aromatic heterocycles. The molecule has 2 aromatic rings. The van der Waals surface area contributed by atoms with Gasteiger partial charge in [-0.1, -0.05) is 37.3 Å². The molecule has 0 bridgehead atoms. The van der Waals surface area contributed by atoms with E-state index in [1.54, 1.807) is 6.07 Å². The molecular formula is C20H24N2O2. The third kappa shape index (κ3) is 3.75. The lowest BCUT2D eigenvalue weighted by Gasteiger charge is -2.30. The number of pyridine rings is 1. The number of hydrogen-bond donors (Lipinski definition) is 1. The van der Waals surface area contributed by atoms with E-state index in [0.717, 1.165) is 17.8 Å². The lowest BCUT2D eigenvalue weighted by molar-refractivity contribution is 0.0680. The number of carbonyl (C=O) groups is 1. The summed E-state index contributed by atoms with van der Waals surface area (Å²) in [5.41, 5.74) is 2.19. The molecule has 0 aliphatic heterocycles. The molecule has 0 radical (unpaired) electrons. The van der Waals surface area contributed by atoms with Crippen LogP contribution in [0.1, 0.15) is 54.3 Å². The molecule has 1 aliphatic carbocycles. The van der Waals surface area contributed by atoms with Crippen LogP contribution in [0.15, 0.2) is 47.3 Å². The van der Waals surface area contributed by atoms with Gasteiger partial charge in [-0.15, -0.1) is 0 Å². The first-order valence-corrected chi connectivity index (χ1v) is 8.67. The van der Waals surface area contributed by atoms with Crippen molar-refractivity contribution in [2.24, 2.45) is 5.92 Å². The van der Waals surface area contributed by atoms with Crippen molar-refractivity contribution < 1.29 is 4.79 Å². The van der Waals surface area contributed by atoms with Crippen molar-refractivity contribution in [1.82, 2.24) is 9.88 Å². The number of aromatic amines is 1. The minimum absolute atomic E-state index is 0.0105. The Labute approximate surface area is 142 Å². The molecule has 4 heteroatoms. The van der Waals surface area contributed by atoms with E-state index in [1.165, 1.54) is 18.9 Å². The average molecular weight is 324 g/mol. The Balaban J connectivity index is 1.91. The number of hydrogen-bond acceptors (Lipinski definition) is 2. The zero-order valence-corrected chi connectivity index (χ0v) is 14.3. The molecule has 0 spiro atoms. The summed E-state index contributed by atoms with van der Waals surface area (Å²) in [6, 6.07) is 13.3. The maximum absolute atomic E-state index is 13.1. The molecule has 1 fully saturated rings. The first-order valence-electron chi connectivity index (χ1n) is 8.67. The van der Waals surface area contributed by atoms with Crippen molar-refractivity contribution in [2.45, 2.75) is 39.2 Å². The Morgan fingerprint density at radius 2 is 1.96 bits per heavy atom. The van der Waals surface area contributed by atoms with E-state index in [1.807, 2.05) is 42.2 Å². The average Bonchev–Trinajstić information content (AvgIpc) is 3.43. The second-order valence-electron chi connectivity index (χ2n) is 6.60. The molecule has 1 heterocycles. The number of aromatic nitrogens is 1. The highest BCUT2D eigenvalue weighted by Crippen LogP contribution is 2.33. The Hall–Kier alpha value is -2.36. The highest BCUT2D eigenvalue weighted by Gasteiger charge is 2.30. The van der Waals surface area contributed by atoms with Crippen LogP contribution in [-0.2, 0) is 6.42 Å². The quantitative estimate of drug-likeness (QED) is 0.883. The maximum atomic E-state index is 13.1. The zero-order chi connectivity index (χ0) is 17.1. The van der Waals surface area contributed by atoms with Crippen LogP contribution in [0.3, 0.4) is 0 Å². The number of nitrogens with zero attached hydrogens (tertiary/aromatic N) is 1. The number of aryl methyl sites for hydroxylation is 1. The van der Waals surface area contributed by atoms with Gasteiger partial charge >= 0.3 is 0 Å². The Kier molecular flexibility index (Phi) is 4.84. The van der Waals surface area contributed by atoms with Crippen LogP contribution in [0.5, 0.6) is 0 Å². The van der Waals surface area contributed by atoms with Gasteiger partial charge < -0.3 is 9.88 Å². The van der Waals surface area contributed by atoms with E-state index in [0.29, 0.717) is 17.9 Å². The molecule has 1 aromatic carbocycles. The van der Waals surface area contributed by atoms with Crippen molar-refractivity contribution in [3.8, 4) is 0 Å². The Morgan fingerprint density at radius 3 is 2.58 bits per heavy atom. The van der Waals surface area contributed by atoms with Crippen LogP contribution in [0.4, 0.5) is 0 Å². The maximum Gasteiger partial charge on any atom is 0.254 e. The van der Waals surface area contributed by atoms with Gasteiger partial charge in [0, 0.05) is 23.9 Å². The summed E-state index contributed by atoms with van der Waals surface area (Å²) in [4.78, 5) is 29.7. The summed E-state index contributed by atoms with van der Waals surface area (Å²) >= 11 is 0. The second kappa shape index (κ2) is 7.04. The highest BCUT2D eigenvalue weighted by molar-refractivity contribution is 5.94. The van der Waals surface area contributed by atoms with Crippen LogP contribution in [0, 0.1) is 5.92 Å². The van der Waals surface area contributed by atoms with Gasteiger partial charge in [-0.25, -0.2) is 0 Å². The van der Waals surface area contributed by atoms with Gasteiger partial charge in [-0.05, 0) is 43.7 Å². The van der Waals surface area contributed by atoms with Crippen molar-refractivity contribution in [2.75, 3.05) is 6.54 Å². The standard InChI is InChI=1S/C20H24N2O2/c1-3-18-11-17(12-19(23)21-18)20(24)22(13-15-9-10-15)14(2)16-7-5-4-6-8-16/h4-8,11-12,14-15H,3,9-10,13H2,1-2H3,(H,21,23)/t14-/m1/s1. The summed E-state index contributed by atoms with van der Waals surface area (Å²) < 4.78 is 0. The molecule has 1 saturated carbocycles. The fourth-order valence-corrected chi connectivity index (χ4v) is 2.99. The van der Waals surface area contributed by atoms with Gasteiger partial charge in [0.2, 0.25) is 5.56 Å². The smallest absolute Gasteiger partial charge is 0.254 e. The minimum atomic E-state index is -0.212. The van der Waals surface area contributed by atoms with E-state index in [4.69, 9.17) is 0 Å². The monoisotopic (exact) mass is 324 g/mol. The molecule has 24 heavy (non-hydrogen) atoms. The Bertz CT molecular complexity index is 763. The van der Waals surface area contributed by atoms with E-state index in [-0.39, 0.29) is 17.5 Å². The summed E-state index contributed by atoms with van der Waals surface area (Å²) in [6.07, 6.45) is 3.06. The van der Waals surface area contributed by atoms with E-state index < -0.39 is 0 Å². The van der Waals surface area contributed by atoms with Crippen LogP contribution in [-0.4, -0.2) is 22.3 Å². The number of nitrogens with one attached hydrogen (secondary N) is 1. The minimum Gasteiger partial charge on any atom is -0.332 e. The number of benzene rings is 1. The molecular weight excluding hydrogens is 300 g/mol. The van der Waals surface area contributed by atoms with Crippen molar-refractivity contribution >= 4 is 5.91 Å². The van der Waals surface area contributed by atoms with Gasteiger partial charge in [-0.3, -0.25) is 9.59 Å². The summed E-state index contributed by atoms with van der Waals surface area (Å²) in [5.74, 6) is 0.534. The fourth-order valence-electron chi connectivity index (χ4n) is 2.99. The molecule has 1 atom stereocenters. The Morgan fingerprint density at radius 1 is 1.25 bits per heavy atom. The molecule has 1 N–H and O–H groups in total. The van der Waals surface area contributed by atoms with Crippen LogP contribution >= 0.6 is 0 Å². The third-order valence-electron chi connectivity index (χ3n) is 4.69. The predicted molar refractivity (Wildman–Crippen MR) is 95.1 cm³/mol. The van der Waals surface area contributed by atoms with E-state index >= 15 is 0 Å². The summed E-state index contributed by atoms with van der Waals surface area (Å²) in [5, 5.41) is 0. The molecule has 4 nitrogen and oxygen atoms in total. The van der Waals surface area contributed by atoms with E-state index in [2.05, 4.69) is 11.9 Å². The molecule has 1 aliphatic rings. The zero-order valence-electron chi connectivity index (χ0n) is 14.3. The van der Waals surface area contributed by atoms with Gasteiger partial charge in [0.1, 0.15) is 0 Å². The van der Waals surface area contributed by atoms with Gasteiger partial charge in [0.15, 0.2) is 0 Å². The largest absolute Gasteiger partial charge is 0.332 e. The molecule has 3 rings (SSSR count). The lowest BCUT2D eigenvalue weighted by Crippen LogP contribution is -2.36. The molecule has 0 saturated heterocycles. The SMILES string of the molecule is CCc1cc(C(=O)N(CC2CC2)[C@H](C)c2ccccc2)cc(=O)[nH]1. The summed E-state index contributed by atoms with van der Waals surface area (Å²) in [7, 11) is 0. The topological polar surface area (TPSA) is 53.2 Å². The molecule has 1 amide bonds. The van der Waals surface area contributed by atoms with Crippen LogP contribution < -0.4 is 5.56 Å². The van der Waals surface area contributed by atoms with Crippen molar-refractivity contribution in [1.29, 1.82) is 0 Å². The molecule has 126 valence electrons. The first-order chi connectivity index (χ1) is 11.6. The third-order valence-corrected chi connectivity index (χ3v) is 4.69. The number of amides is 1. The lowest BCUT2D eigenvalue weighted by atomic mass is 10.0. The number of rotatable bonds is 6. The van der Waals surface area contributed by atoms with Crippen LogP contribution in [0.25, 0.3) is 0 Å². The van der Waals surface area contributed by atoms with Crippen molar-refractivity contribution in [3.05, 3.63) is 69.6 Å². The normalized spacial score (nSPS) is 15.1. The van der Waals surface area contributed by atoms with Crippen LogP contribution in [0.2, 0.25) is 0 Å². The van der Waals surface area contributed by atoms with Gasteiger partial charge in [0.05, 0.1) is 6.04 Å². The van der Waals surface area contributed by atoms with Gasteiger partial charge in [-0.2, -0.15) is 0 Å².